The van der Waals surface area contributed by atoms with Crippen molar-refractivity contribution < 1.29 is 9.72 Å². The van der Waals surface area contributed by atoms with Crippen LogP contribution >= 0.6 is 0 Å². The minimum atomic E-state index is -0.597. The maximum Gasteiger partial charge on any atom is 0.292 e. The van der Waals surface area contributed by atoms with E-state index in [0.717, 1.165) is 19.5 Å². The summed E-state index contributed by atoms with van der Waals surface area (Å²) < 4.78 is 0. The molecule has 102 valence electrons. The summed E-state index contributed by atoms with van der Waals surface area (Å²) in [6.45, 7) is 2.50. The van der Waals surface area contributed by atoms with Crippen molar-refractivity contribution in [3.05, 3.63) is 33.9 Å². The molecule has 7 heteroatoms. The Balaban J connectivity index is 2.16. The number of amides is 1. The van der Waals surface area contributed by atoms with Gasteiger partial charge in [0.15, 0.2) is 0 Å². The molecule has 1 aliphatic rings. The first kappa shape index (κ1) is 13.3. The number of anilines is 1. The molecule has 19 heavy (non-hydrogen) atoms. The van der Waals surface area contributed by atoms with Crippen LogP contribution in [0.15, 0.2) is 18.2 Å². The lowest BCUT2D eigenvalue weighted by atomic mass is 10.1. The van der Waals surface area contributed by atoms with Gasteiger partial charge in [-0.2, -0.15) is 0 Å². The second-order valence-electron chi connectivity index (χ2n) is 4.59. The summed E-state index contributed by atoms with van der Waals surface area (Å²) >= 11 is 0. The average molecular weight is 264 g/mol. The number of primary amides is 1. The minimum absolute atomic E-state index is 0.0454. The highest BCUT2D eigenvalue weighted by Gasteiger charge is 2.18. The third-order valence-corrected chi connectivity index (χ3v) is 3.22. The van der Waals surface area contributed by atoms with E-state index in [1.54, 1.807) is 0 Å². The van der Waals surface area contributed by atoms with Gasteiger partial charge in [0.05, 0.1) is 4.92 Å². The topological polar surface area (TPSA) is 110 Å². The number of hydrogen-bond donors (Lipinski definition) is 3. The van der Waals surface area contributed by atoms with Gasteiger partial charge in [-0.3, -0.25) is 14.9 Å². The van der Waals surface area contributed by atoms with E-state index in [9.17, 15) is 14.9 Å². The van der Waals surface area contributed by atoms with Crippen LogP contribution in [-0.4, -0.2) is 30.5 Å². The van der Waals surface area contributed by atoms with E-state index < -0.39 is 10.8 Å². The zero-order valence-electron chi connectivity index (χ0n) is 10.4. The summed E-state index contributed by atoms with van der Waals surface area (Å²) in [5.74, 6) is -0.155. The van der Waals surface area contributed by atoms with Crippen molar-refractivity contribution in [1.29, 1.82) is 0 Å². The van der Waals surface area contributed by atoms with E-state index in [1.807, 2.05) is 0 Å². The quantitative estimate of drug-likeness (QED) is 0.536. The summed E-state index contributed by atoms with van der Waals surface area (Å²) in [5.41, 5.74) is 5.74. The third kappa shape index (κ3) is 3.19. The predicted molar refractivity (Wildman–Crippen MR) is 71.1 cm³/mol. The zero-order valence-corrected chi connectivity index (χ0v) is 10.4. The fraction of sp³-hybridized carbons (Fsp3) is 0.417. The first-order valence-electron chi connectivity index (χ1n) is 6.10. The molecular weight excluding hydrogens is 248 g/mol. The van der Waals surface area contributed by atoms with E-state index in [0.29, 0.717) is 18.2 Å². The number of nitrogens with one attached hydrogen (secondary N) is 2. The highest BCUT2D eigenvalue weighted by Crippen LogP contribution is 2.26. The van der Waals surface area contributed by atoms with E-state index in [4.69, 9.17) is 5.73 Å². The van der Waals surface area contributed by atoms with Gasteiger partial charge in [0.1, 0.15) is 5.69 Å². The van der Waals surface area contributed by atoms with Gasteiger partial charge >= 0.3 is 0 Å². The lowest BCUT2D eigenvalue weighted by Crippen LogP contribution is -2.18. The summed E-state index contributed by atoms with van der Waals surface area (Å²) in [6, 6.07) is 4.10. The second kappa shape index (κ2) is 5.66. The van der Waals surface area contributed by atoms with E-state index in [1.165, 1.54) is 18.2 Å². The lowest BCUT2D eigenvalue weighted by Gasteiger charge is -2.12. The average Bonchev–Trinajstić information content (AvgIpc) is 2.88. The zero-order chi connectivity index (χ0) is 13.8. The van der Waals surface area contributed by atoms with Gasteiger partial charge in [0.2, 0.25) is 5.91 Å². The molecule has 0 bridgehead atoms. The molecule has 4 N–H and O–H groups in total. The summed E-state index contributed by atoms with van der Waals surface area (Å²) in [7, 11) is 0. The van der Waals surface area contributed by atoms with Crippen LogP contribution < -0.4 is 16.4 Å². The fourth-order valence-corrected chi connectivity index (χ4v) is 2.13. The number of carbonyl (C=O) groups is 1. The fourth-order valence-electron chi connectivity index (χ4n) is 2.13. The summed E-state index contributed by atoms with van der Waals surface area (Å²) in [6.07, 6.45) is 1.04. The molecule has 1 fully saturated rings. The maximum absolute atomic E-state index is 11.1. The summed E-state index contributed by atoms with van der Waals surface area (Å²) in [5, 5.41) is 17.2. The molecule has 0 saturated carbocycles. The Morgan fingerprint density at radius 1 is 1.58 bits per heavy atom. The second-order valence-corrected chi connectivity index (χ2v) is 4.59. The van der Waals surface area contributed by atoms with Crippen molar-refractivity contribution in [3.63, 3.8) is 0 Å². The number of nitrogens with two attached hydrogens (primary N) is 1. The van der Waals surface area contributed by atoms with E-state index in [-0.39, 0.29) is 11.3 Å². The molecule has 1 amide bonds. The van der Waals surface area contributed by atoms with Crippen LogP contribution in [0.3, 0.4) is 0 Å². The third-order valence-electron chi connectivity index (χ3n) is 3.22. The monoisotopic (exact) mass is 264 g/mol. The van der Waals surface area contributed by atoms with Crippen molar-refractivity contribution >= 4 is 17.3 Å². The molecule has 1 aromatic rings. The SMILES string of the molecule is NC(=O)c1ccc([N+](=O)[O-])c(NCC2CCNC2)c1. The maximum atomic E-state index is 11.1. The van der Waals surface area contributed by atoms with Gasteiger partial charge in [-0.1, -0.05) is 0 Å². The van der Waals surface area contributed by atoms with Gasteiger partial charge in [0.25, 0.3) is 5.69 Å². The number of hydrogen-bond acceptors (Lipinski definition) is 5. The molecule has 1 unspecified atom stereocenters. The lowest BCUT2D eigenvalue weighted by molar-refractivity contribution is -0.384. The number of nitrogens with zero attached hydrogens (tertiary/aromatic N) is 1. The number of nitro benzene ring substituents is 1. The predicted octanol–water partition coefficient (Wildman–Crippen LogP) is 0.715. The van der Waals surface area contributed by atoms with Crippen LogP contribution in [0, 0.1) is 16.0 Å². The normalized spacial score (nSPS) is 18.2. The van der Waals surface area contributed by atoms with Crippen molar-refractivity contribution in [2.24, 2.45) is 11.7 Å². The molecule has 0 spiro atoms. The smallest absolute Gasteiger partial charge is 0.292 e. The first-order chi connectivity index (χ1) is 9.08. The molecule has 7 nitrogen and oxygen atoms in total. The first-order valence-corrected chi connectivity index (χ1v) is 6.10. The Morgan fingerprint density at radius 2 is 2.37 bits per heavy atom. The van der Waals surface area contributed by atoms with Crippen LogP contribution in [0.2, 0.25) is 0 Å². The van der Waals surface area contributed by atoms with Crippen LogP contribution in [-0.2, 0) is 0 Å². The minimum Gasteiger partial charge on any atom is -0.379 e. The largest absolute Gasteiger partial charge is 0.379 e. The molecule has 1 aliphatic heterocycles. The Kier molecular flexibility index (Phi) is 3.96. The van der Waals surface area contributed by atoms with Gasteiger partial charge < -0.3 is 16.4 Å². The van der Waals surface area contributed by atoms with Gasteiger partial charge in [0, 0.05) is 18.2 Å². The van der Waals surface area contributed by atoms with Crippen LogP contribution in [0.1, 0.15) is 16.8 Å². The molecule has 1 atom stereocenters. The van der Waals surface area contributed by atoms with Crippen molar-refractivity contribution in [2.45, 2.75) is 6.42 Å². The number of nitro groups is 1. The molecule has 1 saturated heterocycles. The van der Waals surface area contributed by atoms with Gasteiger partial charge in [-0.15, -0.1) is 0 Å². The summed E-state index contributed by atoms with van der Waals surface area (Å²) in [4.78, 5) is 21.6. The number of carbonyl (C=O) groups excluding carboxylic acids is 1. The van der Waals surface area contributed by atoms with Crippen molar-refractivity contribution in [1.82, 2.24) is 5.32 Å². The van der Waals surface area contributed by atoms with Crippen molar-refractivity contribution in [3.8, 4) is 0 Å². The molecule has 0 radical (unpaired) electrons. The van der Waals surface area contributed by atoms with Gasteiger partial charge in [-0.05, 0) is 37.6 Å². The Morgan fingerprint density at radius 3 is 2.95 bits per heavy atom. The van der Waals surface area contributed by atoms with E-state index >= 15 is 0 Å². The molecule has 0 aromatic heterocycles. The molecule has 1 aromatic carbocycles. The Bertz CT molecular complexity index is 498. The van der Waals surface area contributed by atoms with Gasteiger partial charge in [-0.25, -0.2) is 0 Å². The van der Waals surface area contributed by atoms with Crippen molar-refractivity contribution in [2.75, 3.05) is 25.0 Å². The molecule has 0 aliphatic carbocycles. The van der Waals surface area contributed by atoms with Crippen LogP contribution in [0.25, 0.3) is 0 Å². The Labute approximate surface area is 110 Å². The molecular formula is C12H16N4O3. The molecule has 2 rings (SSSR count). The van der Waals surface area contributed by atoms with Crippen LogP contribution in [0.5, 0.6) is 0 Å². The van der Waals surface area contributed by atoms with Crippen LogP contribution in [0.4, 0.5) is 11.4 Å². The number of rotatable bonds is 5. The highest BCUT2D eigenvalue weighted by atomic mass is 16.6. The number of benzene rings is 1. The molecule has 1 heterocycles. The highest BCUT2D eigenvalue weighted by molar-refractivity contribution is 5.94. The standard InChI is InChI=1S/C12H16N4O3/c13-12(17)9-1-2-11(16(18)19)10(5-9)15-7-8-3-4-14-6-8/h1-2,5,8,14-15H,3-4,6-7H2,(H2,13,17). The Hall–Kier alpha value is -2.15. The van der Waals surface area contributed by atoms with E-state index in [2.05, 4.69) is 10.6 Å².